The van der Waals surface area contributed by atoms with E-state index >= 15 is 0 Å². The van der Waals surface area contributed by atoms with E-state index in [-0.39, 0.29) is 5.82 Å². The summed E-state index contributed by atoms with van der Waals surface area (Å²) < 4.78 is 24.5. The van der Waals surface area contributed by atoms with Crippen LogP contribution in [-0.2, 0) is 17.8 Å². The lowest BCUT2D eigenvalue weighted by molar-refractivity contribution is 0.202. The molecule has 106 valence electrons. The van der Waals surface area contributed by atoms with Crippen LogP contribution in [0.2, 0.25) is 0 Å². The Labute approximate surface area is 126 Å². The largest absolute Gasteiger partial charge is 0.489 e. The predicted molar refractivity (Wildman–Crippen MR) is 80.5 cm³/mol. The highest BCUT2D eigenvalue weighted by Gasteiger charge is 2.05. The van der Waals surface area contributed by atoms with E-state index in [0.29, 0.717) is 17.7 Å². The van der Waals surface area contributed by atoms with Crippen molar-refractivity contribution in [1.82, 2.24) is 0 Å². The van der Waals surface area contributed by atoms with Crippen LogP contribution in [0.15, 0.2) is 46.9 Å². The fourth-order valence-corrected chi connectivity index (χ4v) is 2.17. The second-order valence-corrected chi connectivity index (χ2v) is 5.18. The molecular weight excluding hydrogens is 323 g/mol. The normalized spacial score (nSPS) is 10.6. The van der Waals surface area contributed by atoms with Gasteiger partial charge in [-0.1, -0.05) is 24.3 Å². The first kappa shape index (κ1) is 15.0. The maximum atomic E-state index is 13.4. The molecule has 0 saturated heterocycles. The van der Waals surface area contributed by atoms with E-state index < -0.39 is 0 Å². The topological polar surface area (TPSA) is 18.5 Å². The summed E-state index contributed by atoms with van der Waals surface area (Å²) in [6.45, 7) is 1.03. The molecule has 0 unspecified atom stereocenters. The first-order valence-electron chi connectivity index (χ1n) is 6.34. The molecule has 2 aromatic carbocycles. The number of ether oxygens (including phenoxy) is 2. The summed E-state index contributed by atoms with van der Waals surface area (Å²) in [6.07, 6.45) is 0.881. The van der Waals surface area contributed by atoms with Crippen LogP contribution in [0.3, 0.4) is 0 Å². The molecule has 0 bridgehead atoms. The minimum Gasteiger partial charge on any atom is -0.489 e. The molecule has 2 nitrogen and oxygen atoms in total. The van der Waals surface area contributed by atoms with Gasteiger partial charge in [0.25, 0.3) is 0 Å². The van der Waals surface area contributed by atoms with E-state index in [0.717, 1.165) is 17.7 Å². The van der Waals surface area contributed by atoms with Crippen molar-refractivity contribution in [3.63, 3.8) is 0 Å². The number of methoxy groups -OCH3 is 1. The molecule has 2 rings (SSSR count). The van der Waals surface area contributed by atoms with Crippen LogP contribution in [0.4, 0.5) is 4.39 Å². The first-order chi connectivity index (χ1) is 9.70. The van der Waals surface area contributed by atoms with Crippen LogP contribution in [-0.4, -0.2) is 13.7 Å². The summed E-state index contributed by atoms with van der Waals surface area (Å²) in [5, 5.41) is 0. The molecule has 0 fully saturated rings. The predicted octanol–water partition coefficient (Wildman–Crippen LogP) is 4.36. The van der Waals surface area contributed by atoms with Crippen LogP contribution in [0.1, 0.15) is 11.1 Å². The van der Waals surface area contributed by atoms with Gasteiger partial charge in [-0.25, -0.2) is 4.39 Å². The van der Waals surface area contributed by atoms with Crippen LogP contribution < -0.4 is 4.74 Å². The monoisotopic (exact) mass is 338 g/mol. The highest BCUT2D eigenvalue weighted by molar-refractivity contribution is 9.10. The SMILES string of the molecule is COCCc1ccc(OCc2cccc(F)c2Br)cc1. The third-order valence-corrected chi connectivity index (χ3v) is 3.83. The van der Waals surface area contributed by atoms with E-state index in [1.54, 1.807) is 13.2 Å². The Hall–Kier alpha value is -1.39. The summed E-state index contributed by atoms with van der Waals surface area (Å²) in [7, 11) is 1.69. The van der Waals surface area contributed by atoms with E-state index in [9.17, 15) is 4.39 Å². The number of halogens is 2. The zero-order chi connectivity index (χ0) is 14.4. The van der Waals surface area contributed by atoms with E-state index in [2.05, 4.69) is 15.9 Å². The third-order valence-electron chi connectivity index (χ3n) is 2.94. The minimum absolute atomic E-state index is 0.277. The maximum absolute atomic E-state index is 13.4. The fraction of sp³-hybridized carbons (Fsp3) is 0.250. The van der Waals surface area contributed by atoms with Crippen molar-refractivity contribution in [2.45, 2.75) is 13.0 Å². The Morgan fingerprint density at radius 1 is 1.10 bits per heavy atom. The summed E-state index contributed by atoms with van der Waals surface area (Å²) in [6, 6.07) is 12.8. The molecule has 0 radical (unpaired) electrons. The Morgan fingerprint density at radius 3 is 2.55 bits per heavy atom. The quantitative estimate of drug-likeness (QED) is 0.779. The van der Waals surface area contributed by atoms with Crippen LogP contribution in [0.25, 0.3) is 0 Å². The minimum atomic E-state index is -0.277. The molecule has 0 aliphatic heterocycles. The van der Waals surface area contributed by atoms with Gasteiger partial charge < -0.3 is 9.47 Å². The molecule has 0 amide bonds. The lowest BCUT2D eigenvalue weighted by Gasteiger charge is -2.09. The highest BCUT2D eigenvalue weighted by Crippen LogP contribution is 2.22. The molecule has 0 N–H and O–H groups in total. The average Bonchev–Trinajstić information content (AvgIpc) is 2.48. The van der Waals surface area contributed by atoms with Gasteiger partial charge in [-0.15, -0.1) is 0 Å². The number of benzene rings is 2. The molecule has 2 aromatic rings. The zero-order valence-electron chi connectivity index (χ0n) is 11.2. The fourth-order valence-electron chi connectivity index (χ4n) is 1.79. The van der Waals surface area contributed by atoms with Gasteiger partial charge in [0.1, 0.15) is 18.2 Å². The second-order valence-electron chi connectivity index (χ2n) is 4.39. The van der Waals surface area contributed by atoms with Gasteiger partial charge in [0.15, 0.2) is 0 Å². The smallest absolute Gasteiger partial charge is 0.137 e. The van der Waals surface area contributed by atoms with Crippen molar-refractivity contribution < 1.29 is 13.9 Å². The van der Waals surface area contributed by atoms with Gasteiger partial charge in [0.2, 0.25) is 0 Å². The molecule has 0 aliphatic carbocycles. The number of hydrogen-bond donors (Lipinski definition) is 0. The summed E-state index contributed by atoms with van der Waals surface area (Å²) in [5.74, 6) is 0.489. The molecule has 0 aliphatic rings. The van der Waals surface area contributed by atoms with Gasteiger partial charge in [-0.3, -0.25) is 0 Å². The maximum Gasteiger partial charge on any atom is 0.137 e. The van der Waals surface area contributed by atoms with Crippen molar-refractivity contribution in [1.29, 1.82) is 0 Å². The first-order valence-corrected chi connectivity index (χ1v) is 7.13. The zero-order valence-corrected chi connectivity index (χ0v) is 12.8. The molecule has 0 atom stereocenters. The van der Waals surface area contributed by atoms with Crippen molar-refractivity contribution in [3.8, 4) is 5.75 Å². The van der Waals surface area contributed by atoms with Gasteiger partial charge in [0, 0.05) is 12.7 Å². The molecule has 0 aromatic heterocycles. The molecular formula is C16H16BrFO2. The summed E-state index contributed by atoms with van der Waals surface area (Å²) in [4.78, 5) is 0. The molecule has 4 heteroatoms. The van der Waals surface area contributed by atoms with Gasteiger partial charge in [0.05, 0.1) is 11.1 Å². The lowest BCUT2D eigenvalue weighted by atomic mass is 10.1. The summed E-state index contributed by atoms with van der Waals surface area (Å²) in [5.41, 5.74) is 1.99. The van der Waals surface area contributed by atoms with E-state index in [1.807, 2.05) is 30.3 Å². The molecule has 0 heterocycles. The third kappa shape index (κ3) is 4.05. The van der Waals surface area contributed by atoms with Crippen LogP contribution in [0, 0.1) is 5.82 Å². The Balaban J connectivity index is 1.95. The molecule has 0 saturated carbocycles. The van der Waals surface area contributed by atoms with Crippen molar-refractivity contribution in [3.05, 3.63) is 63.9 Å². The lowest BCUT2D eigenvalue weighted by Crippen LogP contribution is -1.98. The number of hydrogen-bond acceptors (Lipinski definition) is 2. The number of rotatable bonds is 6. The van der Waals surface area contributed by atoms with Crippen LogP contribution in [0.5, 0.6) is 5.75 Å². The molecule has 0 spiro atoms. The standard InChI is InChI=1S/C16H16BrFO2/c1-19-10-9-12-5-7-14(8-6-12)20-11-13-3-2-4-15(18)16(13)17/h2-8H,9-11H2,1H3. The Kier molecular flexibility index (Phi) is 5.56. The molecule has 20 heavy (non-hydrogen) atoms. The van der Waals surface area contributed by atoms with Crippen molar-refractivity contribution in [2.75, 3.05) is 13.7 Å². The van der Waals surface area contributed by atoms with Gasteiger partial charge >= 0.3 is 0 Å². The van der Waals surface area contributed by atoms with E-state index in [1.165, 1.54) is 11.6 Å². The summed E-state index contributed by atoms with van der Waals surface area (Å²) >= 11 is 3.22. The van der Waals surface area contributed by atoms with Gasteiger partial charge in [-0.05, 0) is 46.1 Å². The van der Waals surface area contributed by atoms with E-state index in [4.69, 9.17) is 9.47 Å². The Bertz CT molecular complexity index is 555. The van der Waals surface area contributed by atoms with Gasteiger partial charge in [-0.2, -0.15) is 0 Å². The van der Waals surface area contributed by atoms with Crippen molar-refractivity contribution in [2.24, 2.45) is 0 Å². The Morgan fingerprint density at radius 2 is 1.85 bits per heavy atom. The average molecular weight is 339 g/mol. The highest BCUT2D eigenvalue weighted by atomic mass is 79.9. The second kappa shape index (κ2) is 7.41. The van der Waals surface area contributed by atoms with Crippen molar-refractivity contribution >= 4 is 15.9 Å². The van der Waals surface area contributed by atoms with Crippen LogP contribution >= 0.6 is 15.9 Å².